The summed E-state index contributed by atoms with van der Waals surface area (Å²) in [5, 5.41) is 8.57. The van der Waals surface area contributed by atoms with E-state index in [2.05, 4.69) is 0 Å². The van der Waals surface area contributed by atoms with Gasteiger partial charge in [-0.15, -0.1) is 0 Å². The number of nitriles is 1. The van der Waals surface area contributed by atoms with E-state index in [1.54, 1.807) is 24.3 Å². The van der Waals surface area contributed by atoms with E-state index in [0.29, 0.717) is 24.3 Å². The van der Waals surface area contributed by atoms with Crippen molar-refractivity contribution < 1.29 is 9.13 Å². The van der Waals surface area contributed by atoms with Crippen LogP contribution in [-0.4, -0.2) is 12.3 Å². The van der Waals surface area contributed by atoms with E-state index in [4.69, 9.17) is 10.00 Å². The van der Waals surface area contributed by atoms with Gasteiger partial charge in [0.2, 0.25) is 0 Å². The molecule has 80 valence electrons. The standard InChI is InChI=1S/C12H14FNO/c1-12(2,13)7-8-15-11-5-3-10(9-14)4-6-11/h3-6H,7-8H2,1-2H3. The maximum atomic E-state index is 13.1. The third-order valence-corrected chi connectivity index (χ3v) is 1.95. The number of rotatable bonds is 4. The van der Waals surface area contributed by atoms with Crippen molar-refractivity contribution in [2.24, 2.45) is 0 Å². The fraction of sp³-hybridized carbons (Fsp3) is 0.417. The summed E-state index contributed by atoms with van der Waals surface area (Å²) in [7, 11) is 0. The Morgan fingerprint density at radius 1 is 1.33 bits per heavy atom. The van der Waals surface area contributed by atoms with E-state index >= 15 is 0 Å². The maximum absolute atomic E-state index is 13.1. The molecule has 0 aliphatic carbocycles. The number of alkyl halides is 1. The summed E-state index contributed by atoms with van der Waals surface area (Å²) in [6, 6.07) is 8.80. The molecule has 0 heterocycles. The van der Waals surface area contributed by atoms with Crippen LogP contribution >= 0.6 is 0 Å². The molecule has 0 spiro atoms. The zero-order chi connectivity index (χ0) is 11.3. The van der Waals surface area contributed by atoms with Crippen molar-refractivity contribution >= 4 is 0 Å². The van der Waals surface area contributed by atoms with Crippen molar-refractivity contribution in [1.29, 1.82) is 5.26 Å². The number of ether oxygens (including phenoxy) is 1. The van der Waals surface area contributed by atoms with Crippen molar-refractivity contribution in [2.45, 2.75) is 25.9 Å². The molecule has 1 aromatic rings. The highest BCUT2D eigenvalue weighted by molar-refractivity contribution is 5.34. The van der Waals surface area contributed by atoms with Gasteiger partial charge in [-0.1, -0.05) is 0 Å². The first-order valence-corrected chi connectivity index (χ1v) is 4.83. The van der Waals surface area contributed by atoms with Crippen LogP contribution in [-0.2, 0) is 0 Å². The van der Waals surface area contributed by atoms with Crippen molar-refractivity contribution in [3.8, 4) is 11.8 Å². The molecule has 1 aromatic carbocycles. The molecular formula is C12H14FNO. The Morgan fingerprint density at radius 2 is 1.93 bits per heavy atom. The molecule has 2 nitrogen and oxygen atoms in total. The van der Waals surface area contributed by atoms with Crippen molar-refractivity contribution in [2.75, 3.05) is 6.61 Å². The molecule has 0 N–H and O–H groups in total. The zero-order valence-corrected chi connectivity index (χ0v) is 8.96. The highest BCUT2D eigenvalue weighted by atomic mass is 19.1. The highest BCUT2D eigenvalue weighted by Crippen LogP contribution is 2.16. The molecule has 0 bridgehead atoms. The van der Waals surface area contributed by atoms with E-state index in [9.17, 15) is 4.39 Å². The van der Waals surface area contributed by atoms with Gasteiger partial charge in [-0.3, -0.25) is 0 Å². The number of benzene rings is 1. The predicted molar refractivity (Wildman–Crippen MR) is 56.5 cm³/mol. The zero-order valence-electron chi connectivity index (χ0n) is 8.96. The summed E-state index contributed by atoms with van der Waals surface area (Å²) in [4.78, 5) is 0. The number of nitrogens with zero attached hydrogens (tertiary/aromatic N) is 1. The van der Waals surface area contributed by atoms with Crippen LogP contribution in [0.1, 0.15) is 25.8 Å². The van der Waals surface area contributed by atoms with Crippen LogP contribution in [0.2, 0.25) is 0 Å². The molecule has 0 atom stereocenters. The van der Waals surface area contributed by atoms with E-state index in [0.717, 1.165) is 0 Å². The Labute approximate surface area is 89.3 Å². The lowest BCUT2D eigenvalue weighted by atomic mass is 10.1. The van der Waals surface area contributed by atoms with Crippen LogP contribution < -0.4 is 4.74 Å². The summed E-state index contributed by atoms with van der Waals surface area (Å²) < 4.78 is 18.4. The Bertz CT molecular complexity index is 345. The number of hydrogen-bond acceptors (Lipinski definition) is 2. The van der Waals surface area contributed by atoms with Crippen molar-refractivity contribution in [3.63, 3.8) is 0 Å². The number of halogens is 1. The van der Waals surface area contributed by atoms with Gasteiger partial charge < -0.3 is 4.74 Å². The summed E-state index contributed by atoms with van der Waals surface area (Å²) in [5.41, 5.74) is -0.611. The molecule has 0 amide bonds. The molecule has 0 radical (unpaired) electrons. The first-order chi connectivity index (χ1) is 7.01. The van der Waals surface area contributed by atoms with Gasteiger partial charge in [0, 0.05) is 6.42 Å². The molecule has 0 saturated carbocycles. The smallest absolute Gasteiger partial charge is 0.119 e. The molecule has 0 unspecified atom stereocenters. The summed E-state index contributed by atoms with van der Waals surface area (Å²) in [5.74, 6) is 0.665. The van der Waals surface area contributed by atoms with Gasteiger partial charge in [-0.05, 0) is 38.1 Å². The maximum Gasteiger partial charge on any atom is 0.119 e. The second-order valence-corrected chi connectivity index (χ2v) is 3.95. The van der Waals surface area contributed by atoms with Crippen LogP contribution in [0.4, 0.5) is 4.39 Å². The SMILES string of the molecule is CC(C)(F)CCOc1ccc(C#N)cc1. The average Bonchev–Trinajstić information content (AvgIpc) is 2.17. The third-order valence-electron chi connectivity index (χ3n) is 1.95. The predicted octanol–water partition coefficient (Wildman–Crippen LogP) is 3.08. The summed E-state index contributed by atoms with van der Waals surface area (Å²) >= 11 is 0. The van der Waals surface area contributed by atoms with Crippen LogP contribution in [0.25, 0.3) is 0 Å². The van der Waals surface area contributed by atoms with Gasteiger partial charge in [-0.25, -0.2) is 4.39 Å². The van der Waals surface area contributed by atoms with Gasteiger partial charge in [0.1, 0.15) is 11.4 Å². The largest absolute Gasteiger partial charge is 0.493 e. The van der Waals surface area contributed by atoms with Gasteiger partial charge in [0.25, 0.3) is 0 Å². The average molecular weight is 207 g/mol. The quantitative estimate of drug-likeness (QED) is 0.760. The first kappa shape index (κ1) is 11.5. The lowest BCUT2D eigenvalue weighted by Crippen LogP contribution is -2.16. The monoisotopic (exact) mass is 207 g/mol. The van der Waals surface area contributed by atoms with E-state index < -0.39 is 5.67 Å². The van der Waals surface area contributed by atoms with Crippen molar-refractivity contribution in [1.82, 2.24) is 0 Å². The Hall–Kier alpha value is -1.56. The van der Waals surface area contributed by atoms with Gasteiger partial charge in [0.05, 0.1) is 18.2 Å². The van der Waals surface area contributed by atoms with Gasteiger partial charge in [0.15, 0.2) is 0 Å². The Kier molecular flexibility index (Phi) is 3.68. The molecular weight excluding hydrogens is 193 g/mol. The lowest BCUT2D eigenvalue weighted by molar-refractivity contribution is 0.161. The minimum Gasteiger partial charge on any atom is -0.493 e. The van der Waals surface area contributed by atoms with Crippen LogP contribution in [0, 0.1) is 11.3 Å². The molecule has 0 saturated heterocycles. The summed E-state index contributed by atoms with van der Waals surface area (Å²) in [6.07, 6.45) is 0.354. The summed E-state index contributed by atoms with van der Waals surface area (Å²) in [6.45, 7) is 3.39. The Balaban J connectivity index is 2.42. The normalized spacial score (nSPS) is 10.8. The highest BCUT2D eigenvalue weighted by Gasteiger charge is 2.14. The first-order valence-electron chi connectivity index (χ1n) is 4.83. The topological polar surface area (TPSA) is 33.0 Å². The van der Waals surface area contributed by atoms with Crippen LogP contribution in [0.5, 0.6) is 5.75 Å². The second kappa shape index (κ2) is 4.79. The second-order valence-electron chi connectivity index (χ2n) is 3.95. The molecule has 0 fully saturated rings. The van der Waals surface area contributed by atoms with Gasteiger partial charge >= 0.3 is 0 Å². The molecule has 0 aliphatic heterocycles. The van der Waals surface area contributed by atoms with Crippen molar-refractivity contribution in [3.05, 3.63) is 29.8 Å². The van der Waals surface area contributed by atoms with Crippen LogP contribution in [0.3, 0.4) is 0 Å². The fourth-order valence-electron chi connectivity index (χ4n) is 1.04. The molecule has 15 heavy (non-hydrogen) atoms. The Morgan fingerprint density at radius 3 is 2.40 bits per heavy atom. The molecule has 1 rings (SSSR count). The third kappa shape index (κ3) is 4.46. The fourth-order valence-corrected chi connectivity index (χ4v) is 1.04. The number of hydrogen-bond donors (Lipinski definition) is 0. The van der Waals surface area contributed by atoms with E-state index in [1.165, 1.54) is 13.8 Å². The minimum atomic E-state index is -1.20. The minimum absolute atomic E-state index is 0.343. The van der Waals surface area contributed by atoms with E-state index in [1.807, 2.05) is 6.07 Å². The molecule has 3 heteroatoms. The lowest BCUT2D eigenvalue weighted by Gasteiger charge is -2.14. The molecule has 0 aliphatic rings. The van der Waals surface area contributed by atoms with Gasteiger partial charge in [-0.2, -0.15) is 5.26 Å². The van der Waals surface area contributed by atoms with Crippen LogP contribution in [0.15, 0.2) is 24.3 Å². The molecule has 0 aromatic heterocycles. The van der Waals surface area contributed by atoms with E-state index in [-0.39, 0.29) is 0 Å².